The summed E-state index contributed by atoms with van der Waals surface area (Å²) in [5.74, 6) is 2.20. The summed E-state index contributed by atoms with van der Waals surface area (Å²) in [4.78, 5) is 32.8. The van der Waals surface area contributed by atoms with Gasteiger partial charge in [-0.05, 0) is 48.5 Å². The number of rotatable bonds is 8. The molecule has 34 nitrogen and oxygen atoms in total. The second-order valence-corrected chi connectivity index (χ2v) is 14.5. The number of aromatic amines is 4. The normalized spacial score (nSPS) is 14.8. The van der Waals surface area contributed by atoms with Crippen molar-refractivity contribution in [2.24, 2.45) is 0 Å². The maximum absolute atomic E-state index is 4.73. The first-order valence-electron chi connectivity index (χ1n) is 19.4. The van der Waals surface area contributed by atoms with Crippen LogP contribution in [0.2, 0.25) is 0 Å². The van der Waals surface area contributed by atoms with E-state index < -0.39 is 0 Å². The van der Waals surface area contributed by atoms with Gasteiger partial charge in [-0.25, -0.2) is 19.9 Å². The Morgan fingerprint density at radius 1 is 0.178 bits per heavy atom. The van der Waals surface area contributed by atoms with Gasteiger partial charge in [0.05, 0.1) is 23.7 Å². The zero-order valence-corrected chi connectivity index (χ0v) is 60.8. The van der Waals surface area contributed by atoms with Crippen molar-refractivity contribution in [2.75, 3.05) is 0 Å². The largest absolute Gasteiger partial charge is 2.00 e. The third-order valence-corrected chi connectivity index (χ3v) is 11.6. The molecular formula is C48H44Mo8N8O26-48. The van der Waals surface area contributed by atoms with Gasteiger partial charge in [0.15, 0.2) is 47.6 Å². The molecule has 8 aromatic heterocycles. The minimum atomic E-state index is 0. The molecule has 0 amide bonds. The number of nitrogens with one attached hydrogen (secondary N) is 4. The van der Waals surface area contributed by atoms with E-state index >= 15 is 0 Å². The minimum absolute atomic E-state index is 0. The van der Waals surface area contributed by atoms with Gasteiger partial charge in [0, 0.05) is 288 Å². The monoisotopic (exact) mass is 1930 g/mol. The predicted molar refractivity (Wildman–Crippen MR) is 229 cm³/mol. The van der Waals surface area contributed by atoms with Gasteiger partial charge in [0.25, 0.3) is 0 Å². The van der Waals surface area contributed by atoms with Crippen LogP contribution in [0.4, 0.5) is 0 Å². The molecule has 0 spiro atoms. The van der Waals surface area contributed by atoms with E-state index in [-0.39, 0.29) is 335 Å². The summed E-state index contributed by atoms with van der Waals surface area (Å²) in [5, 5.41) is 0. The Bertz CT molecular complexity index is 1970. The van der Waals surface area contributed by atoms with Crippen LogP contribution >= 0.6 is 0 Å². The SMILES string of the molecule is [Mo].[Mo].[Mo].[Mo].[Mo].[Mo].[Mo].[Mo].[O-2].[O-2].[O-2].[O-2].[O-2].[O-2].[O-2].[O-2].[O-2].[O-2].[O-2].[O-2].[O-2].[O-2].[O-2].[O-2].[O-2].[O-2].[O-2].[O-2].[O-2].[O-2].[O-2].[O-2].[O-2].[O-2].c1ccc([C@@H]2[C@@H](c3ccccn3)[C@H](c3cccc[nH+]3)[C@H]2c2cccc[nH+]2)nc1.c1ccc([C@H]2[C@H](c3ccccn3)[C@@H](c3cccc[nH+]3)[C@@H]2c2cccc[nH+]2)nc1. The first kappa shape index (κ1) is 173. The summed E-state index contributed by atoms with van der Waals surface area (Å²) in [6.07, 6.45) is 15.6. The molecule has 2 aliphatic carbocycles. The van der Waals surface area contributed by atoms with Crippen molar-refractivity contribution in [1.82, 2.24) is 19.9 Å². The van der Waals surface area contributed by atoms with E-state index in [1.165, 1.54) is 22.8 Å². The fourth-order valence-corrected chi connectivity index (χ4v) is 9.27. The van der Waals surface area contributed by atoms with E-state index in [9.17, 15) is 0 Å². The molecule has 528 valence electrons. The molecule has 90 heavy (non-hydrogen) atoms. The van der Waals surface area contributed by atoms with Crippen molar-refractivity contribution in [1.29, 1.82) is 0 Å². The zero-order chi connectivity index (χ0) is 37.5. The Morgan fingerprint density at radius 3 is 0.433 bits per heavy atom. The number of pyridine rings is 8. The van der Waals surface area contributed by atoms with Gasteiger partial charge < -0.3 is 142 Å². The van der Waals surface area contributed by atoms with Gasteiger partial charge in [-0.15, -0.1) is 0 Å². The Morgan fingerprint density at radius 2 is 0.322 bits per heavy atom. The van der Waals surface area contributed by atoms with Crippen molar-refractivity contribution in [2.45, 2.75) is 47.3 Å². The summed E-state index contributed by atoms with van der Waals surface area (Å²) in [7, 11) is 0. The molecular weight excluding hydrogens is 1870 g/mol. The second-order valence-electron chi connectivity index (χ2n) is 14.5. The molecule has 0 bridgehead atoms. The smallest absolute Gasteiger partial charge is 0.184 e. The van der Waals surface area contributed by atoms with Crippen LogP contribution in [0.5, 0.6) is 0 Å². The maximum atomic E-state index is 4.73. The number of nitrogens with zero attached hydrogens (tertiary/aromatic N) is 4. The summed E-state index contributed by atoms with van der Waals surface area (Å²) in [5.41, 5.74) is 9.39. The minimum Gasteiger partial charge on any atom is -2.00 e. The summed E-state index contributed by atoms with van der Waals surface area (Å²) in [6.45, 7) is 0. The van der Waals surface area contributed by atoms with Crippen LogP contribution < -0.4 is 19.9 Å². The Balaban J connectivity index is -0.0000000275. The number of hydrogen-bond acceptors (Lipinski definition) is 4. The van der Waals surface area contributed by atoms with E-state index in [0.717, 1.165) is 22.8 Å². The Labute approximate surface area is 632 Å². The van der Waals surface area contributed by atoms with Crippen LogP contribution in [0.1, 0.15) is 92.9 Å². The van der Waals surface area contributed by atoms with E-state index in [4.69, 9.17) is 19.9 Å². The van der Waals surface area contributed by atoms with Crippen LogP contribution in [-0.4, -0.2) is 19.9 Å². The molecule has 2 saturated carbocycles. The van der Waals surface area contributed by atoms with Gasteiger partial charge in [-0.1, -0.05) is 48.5 Å². The van der Waals surface area contributed by atoms with Gasteiger partial charge in [0.2, 0.25) is 0 Å². The molecule has 0 unspecified atom stereocenters. The standard InChI is InChI=1S/2C24H20N4.8Mo.26O/c2*1-5-13-25-17(9-1)21-22(18-10-2-6-14-26-18)24(20-12-4-8-16-28-20)23(21)19-11-3-7-15-27-19;;;;;;;;;;;;;;;;;;;;;;;;;;;;;;;;;;/h2*1-16,21-24H;;;;;;;;;;;;;;;;;;;;;;;;;;;;;;;;;;/q;;;;;;;;;;26*-2/p+4/t2*21-,22-,23+,24+;;;;;;;;;;;;;;;;;;;;;;;;;;;;;;;;;;. The molecule has 10 rings (SSSR count). The van der Waals surface area contributed by atoms with Crippen LogP contribution in [0.15, 0.2) is 195 Å². The molecule has 0 radical (unpaired) electrons. The second kappa shape index (κ2) is 86.7. The van der Waals surface area contributed by atoms with Crippen LogP contribution in [0, 0.1) is 0 Å². The topological polar surface area (TPSA) is 849 Å². The molecule has 8 atom stereocenters. The molecule has 0 aliphatic heterocycles. The van der Waals surface area contributed by atoms with Crippen LogP contribution in [0.25, 0.3) is 0 Å². The molecule has 8 aromatic rings. The van der Waals surface area contributed by atoms with Crippen molar-refractivity contribution >= 4 is 0 Å². The third-order valence-electron chi connectivity index (χ3n) is 11.6. The first-order valence-corrected chi connectivity index (χ1v) is 19.4. The third kappa shape index (κ3) is 38.9. The van der Waals surface area contributed by atoms with E-state index in [0.29, 0.717) is 23.7 Å². The van der Waals surface area contributed by atoms with Gasteiger partial charge in [-0.3, -0.25) is 19.9 Å². The number of hydrogen-bond donors (Lipinski definition) is 0. The van der Waals surface area contributed by atoms with Crippen molar-refractivity contribution < 1.29 is 331 Å². The first-order chi connectivity index (χ1) is 27.9. The Kier molecular flexibility index (Phi) is 167. The molecule has 8 heterocycles. The van der Waals surface area contributed by atoms with E-state index in [1.807, 2.05) is 98.1 Å². The quantitative estimate of drug-likeness (QED) is 0.204. The number of H-pyrrole nitrogens is 4. The van der Waals surface area contributed by atoms with Gasteiger partial charge in [0.1, 0.15) is 0 Å². The zero-order valence-electron chi connectivity index (χ0n) is 44.8. The van der Waals surface area contributed by atoms with Gasteiger partial charge in [-0.2, -0.15) is 0 Å². The van der Waals surface area contributed by atoms with Crippen molar-refractivity contribution in [3.63, 3.8) is 0 Å². The molecule has 0 aromatic carbocycles. The summed E-state index contributed by atoms with van der Waals surface area (Å²) < 4.78 is 0. The molecule has 0 saturated heterocycles. The van der Waals surface area contributed by atoms with Gasteiger partial charge >= 0.3 is 0 Å². The van der Waals surface area contributed by atoms with E-state index in [2.05, 4.69) is 117 Å². The molecule has 42 heteroatoms. The molecule has 4 N–H and O–H groups in total. The number of aromatic nitrogens is 8. The molecule has 2 aliphatic rings. The van der Waals surface area contributed by atoms with Crippen molar-refractivity contribution in [3.8, 4) is 0 Å². The van der Waals surface area contributed by atoms with E-state index in [1.54, 1.807) is 0 Å². The maximum Gasteiger partial charge on any atom is 0.184 e. The Hall–Kier alpha value is -2.33. The van der Waals surface area contributed by atoms with Crippen LogP contribution in [-0.2, 0) is 311 Å². The summed E-state index contributed by atoms with van der Waals surface area (Å²) >= 11 is 0. The van der Waals surface area contributed by atoms with Crippen LogP contribution in [0.3, 0.4) is 0 Å². The fraction of sp³-hybridized carbons (Fsp3) is 0.167. The predicted octanol–water partition coefficient (Wildman–Crippen LogP) is 4.00. The summed E-state index contributed by atoms with van der Waals surface area (Å²) in [6, 6.07) is 50.0. The molecule has 2 fully saturated rings. The average Bonchev–Trinajstić information content (AvgIpc) is 3.26. The fourth-order valence-electron chi connectivity index (χ4n) is 9.27. The van der Waals surface area contributed by atoms with Crippen molar-refractivity contribution in [3.05, 3.63) is 241 Å². The average molecular weight is 1920 g/mol.